The minimum atomic E-state index is 0.212. The van der Waals surface area contributed by atoms with E-state index >= 15 is 0 Å². The molecule has 0 saturated heterocycles. The first-order valence-electron chi connectivity index (χ1n) is 8.56. The lowest BCUT2D eigenvalue weighted by Gasteiger charge is -2.24. The summed E-state index contributed by atoms with van der Waals surface area (Å²) >= 11 is 0. The van der Waals surface area contributed by atoms with Gasteiger partial charge in [-0.15, -0.1) is 0 Å². The smallest absolute Gasteiger partial charge is 0.134 e. The van der Waals surface area contributed by atoms with E-state index < -0.39 is 0 Å². The Bertz CT molecular complexity index is 592. The zero-order valence-electron chi connectivity index (χ0n) is 14.7. The van der Waals surface area contributed by atoms with Gasteiger partial charge in [-0.1, -0.05) is 44.2 Å². The molecule has 4 nitrogen and oxygen atoms in total. The van der Waals surface area contributed by atoms with Crippen molar-refractivity contribution in [2.75, 3.05) is 23.3 Å². The molecule has 23 heavy (non-hydrogen) atoms. The summed E-state index contributed by atoms with van der Waals surface area (Å²) in [4.78, 5) is 11.5. The molecule has 0 aliphatic carbocycles. The van der Waals surface area contributed by atoms with Crippen molar-refractivity contribution >= 4 is 11.6 Å². The second kappa shape index (κ2) is 8.51. The lowest BCUT2D eigenvalue weighted by Crippen LogP contribution is -2.26. The average molecular weight is 312 g/mol. The van der Waals surface area contributed by atoms with Gasteiger partial charge < -0.3 is 10.2 Å². The normalized spacial score (nSPS) is 12.0. The van der Waals surface area contributed by atoms with Gasteiger partial charge in [0.15, 0.2) is 0 Å². The highest BCUT2D eigenvalue weighted by molar-refractivity contribution is 5.50. The van der Waals surface area contributed by atoms with Crippen molar-refractivity contribution in [3.63, 3.8) is 0 Å². The van der Waals surface area contributed by atoms with Crippen LogP contribution in [0.2, 0.25) is 0 Å². The molecule has 1 heterocycles. The lowest BCUT2D eigenvalue weighted by atomic mass is 10.1. The van der Waals surface area contributed by atoms with E-state index in [4.69, 9.17) is 0 Å². The number of rotatable bonds is 8. The number of anilines is 2. The van der Waals surface area contributed by atoms with E-state index in [0.29, 0.717) is 0 Å². The van der Waals surface area contributed by atoms with Crippen molar-refractivity contribution in [2.24, 2.45) is 0 Å². The number of nitrogens with zero attached hydrogens (tertiary/aromatic N) is 3. The first-order valence-corrected chi connectivity index (χ1v) is 8.56. The Morgan fingerprint density at radius 2 is 1.70 bits per heavy atom. The molecule has 0 radical (unpaired) electrons. The second-order valence-corrected chi connectivity index (χ2v) is 5.92. The molecule has 0 bridgehead atoms. The SMILES string of the molecule is CCCN(CCC)c1cc(NC(C)c2ccccc2)nc(C)n1. The highest BCUT2D eigenvalue weighted by atomic mass is 15.2. The molecule has 0 fully saturated rings. The summed E-state index contributed by atoms with van der Waals surface area (Å²) in [6, 6.07) is 12.7. The van der Waals surface area contributed by atoms with Crippen LogP contribution >= 0.6 is 0 Å². The summed E-state index contributed by atoms with van der Waals surface area (Å²) in [7, 11) is 0. The van der Waals surface area contributed by atoms with Gasteiger partial charge >= 0.3 is 0 Å². The maximum absolute atomic E-state index is 4.63. The van der Waals surface area contributed by atoms with E-state index in [0.717, 1.165) is 43.4 Å². The molecule has 2 aromatic rings. The van der Waals surface area contributed by atoms with Gasteiger partial charge in [0.2, 0.25) is 0 Å². The maximum Gasteiger partial charge on any atom is 0.134 e. The number of aryl methyl sites for hydroxylation is 1. The number of benzene rings is 1. The summed E-state index contributed by atoms with van der Waals surface area (Å²) in [6.45, 7) is 10.6. The predicted molar refractivity (Wildman–Crippen MR) is 98.0 cm³/mol. The first-order chi connectivity index (χ1) is 11.1. The molecule has 1 aromatic heterocycles. The lowest BCUT2D eigenvalue weighted by molar-refractivity contribution is 0.729. The van der Waals surface area contributed by atoms with Crippen LogP contribution in [-0.4, -0.2) is 23.1 Å². The summed E-state index contributed by atoms with van der Waals surface area (Å²) in [5, 5.41) is 3.50. The molecule has 4 heteroatoms. The van der Waals surface area contributed by atoms with Gasteiger partial charge in [-0.2, -0.15) is 0 Å². The fraction of sp³-hybridized carbons (Fsp3) is 0.474. The molecule has 0 amide bonds. The third-order valence-electron chi connectivity index (χ3n) is 3.80. The molecule has 1 aromatic carbocycles. The van der Waals surface area contributed by atoms with E-state index in [1.165, 1.54) is 5.56 Å². The Morgan fingerprint density at radius 3 is 2.30 bits per heavy atom. The highest BCUT2D eigenvalue weighted by Gasteiger charge is 2.11. The van der Waals surface area contributed by atoms with Crippen LogP contribution in [0, 0.1) is 6.92 Å². The average Bonchev–Trinajstić information content (AvgIpc) is 2.55. The molecule has 124 valence electrons. The predicted octanol–water partition coefficient (Wildman–Crippen LogP) is 4.58. The quantitative estimate of drug-likeness (QED) is 0.774. The Kier molecular flexibility index (Phi) is 6.39. The van der Waals surface area contributed by atoms with Gasteiger partial charge in [-0.3, -0.25) is 0 Å². The Morgan fingerprint density at radius 1 is 1.04 bits per heavy atom. The van der Waals surface area contributed by atoms with Crippen molar-refractivity contribution in [3.05, 3.63) is 47.8 Å². The van der Waals surface area contributed by atoms with E-state index in [1.54, 1.807) is 0 Å². The van der Waals surface area contributed by atoms with E-state index in [1.807, 2.05) is 13.0 Å². The van der Waals surface area contributed by atoms with Crippen molar-refractivity contribution in [3.8, 4) is 0 Å². The molecule has 1 unspecified atom stereocenters. The summed E-state index contributed by atoms with van der Waals surface area (Å²) in [6.07, 6.45) is 2.23. The van der Waals surface area contributed by atoms with Gasteiger partial charge in [-0.05, 0) is 32.3 Å². The van der Waals surface area contributed by atoms with Crippen molar-refractivity contribution in [1.29, 1.82) is 0 Å². The Hall–Kier alpha value is -2.10. The minimum absolute atomic E-state index is 0.212. The summed E-state index contributed by atoms with van der Waals surface area (Å²) in [5.74, 6) is 2.72. The molecular formula is C19H28N4. The van der Waals surface area contributed by atoms with Crippen LogP contribution in [0.3, 0.4) is 0 Å². The van der Waals surface area contributed by atoms with Crippen molar-refractivity contribution in [2.45, 2.75) is 46.6 Å². The standard InChI is InChI=1S/C19H28N4/c1-5-12-23(13-6-2)19-14-18(21-16(4)22-19)20-15(3)17-10-8-7-9-11-17/h7-11,14-15H,5-6,12-13H2,1-4H3,(H,20,21,22). The van der Waals surface area contributed by atoms with E-state index in [2.05, 4.69) is 71.3 Å². The number of hydrogen-bond donors (Lipinski definition) is 1. The van der Waals surface area contributed by atoms with Crippen LogP contribution in [0.25, 0.3) is 0 Å². The zero-order valence-corrected chi connectivity index (χ0v) is 14.7. The van der Waals surface area contributed by atoms with Crippen molar-refractivity contribution < 1.29 is 0 Å². The molecule has 0 spiro atoms. The monoisotopic (exact) mass is 312 g/mol. The zero-order chi connectivity index (χ0) is 16.7. The fourth-order valence-electron chi connectivity index (χ4n) is 2.72. The number of hydrogen-bond acceptors (Lipinski definition) is 4. The third-order valence-corrected chi connectivity index (χ3v) is 3.80. The molecular weight excluding hydrogens is 284 g/mol. The van der Waals surface area contributed by atoms with E-state index in [9.17, 15) is 0 Å². The molecule has 0 aliphatic rings. The number of aromatic nitrogens is 2. The molecule has 2 rings (SSSR count). The Balaban J connectivity index is 2.19. The second-order valence-electron chi connectivity index (χ2n) is 5.92. The van der Waals surface area contributed by atoms with Gasteiger partial charge in [0.25, 0.3) is 0 Å². The maximum atomic E-state index is 4.63. The van der Waals surface area contributed by atoms with Gasteiger partial charge in [-0.25, -0.2) is 9.97 Å². The third kappa shape index (κ3) is 4.95. The highest BCUT2D eigenvalue weighted by Crippen LogP contribution is 2.21. The van der Waals surface area contributed by atoms with Gasteiger partial charge in [0.05, 0.1) is 0 Å². The van der Waals surface area contributed by atoms with Crippen molar-refractivity contribution in [1.82, 2.24) is 9.97 Å². The topological polar surface area (TPSA) is 41.0 Å². The van der Waals surface area contributed by atoms with Crippen LogP contribution in [0.15, 0.2) is 36.4 Å². The Labute approximate surface area is 140 Å². The van der Waals surface area contributed by atoms with Crippen LogP contribution < -0.4 is 10.2 Å². The van der Waals surface area contributed by atoms with Gasteiger partial charge in [0, 0.05) is 25.2 Å². The van der Waals surface area contributed by atoms with Gasteiger partial charge in [0.1, 0.15) is 17.5 Å². The molecule has 0 aliphatic heterocycles. The fourth-order valence-corrected chi connectivity index (χ4v) is 2.72. The van der Waals surface area contributed by atoms with Crippen LogP contribution in [0.1, 0.15) is 51.0 Å². The van der Waals surface area contributed by atoms with Crippen LogP contribution in [0.5, 0.6) is 0 Å². The van der Waals surface area contributed by atoms with E-state index in [-0.39, 0.29) is 6.04 Å². The minimum Gasteiger partial charge on any atom is -0.363 e. The first kappa shape index (κ1) is 17.3. The number of nitrogens with one attached hydrogen (secondary N) is 1. The largest absolute Gasteiger partial charge is 0.363 e. The summed E-state index contributed by atoms with van der Waals surface area (Å²) in [5.41, 5.74) is 1.25. The molecule has 0 saturated carbocycles. The molecule has 1 N–H and O–H groups in total. The molecule has 1 atom stereocenters. The van der Waals surface area contributed by atoms with Crippen LogP contribution in [-0.2, 0) is 0 Å². The van der Waals surface area contributed by atoms with Crippen LogP contribution in [0.4, 0.5) is 11.6 Å². The summed E-state index contributed by atoms with van der Waals surface area (Å²) < 4.78 is 0.